The number of amides is 1. The fourth-order valence-electron chi connectivity index (χ4n) is 6.35. The lowest BCUT2D eigenvalue weighted by molar-refractivity contribution is -0.154. The lowest BCUT2D eigenvalue weighted by atomic mass is 9.57. The number of primary amides is 1. The minimum Gasteiger partial charge on any atom is -0.508 e. The Labute approximate surface area is 269 Å². The number of alkyl halides is 2. The maximum Gasteiger partial charge on any atom is 0.329 e. The van der Waals surface area contributed by atoms with Gasteiger partial charge in [0.2, 0.25) is 5.78 Å². The van der Waals surface area contributed by atoms with Gasteiger partial charge in [0.05, 0.1) is 11.6 Å². The molecular weight excluding hydrogens is 636 g/mol. The molecule has 5 atom stereocenters. The molecule has 17 heteroatoms. The van der Waals surface area contributed by atoms with Crippen molar-refractivity contribution in [2.45, 2.75) is 49.3 Å². The molecule has 1 amide bonds. The van der Waals surface area contributed by atoms with E-state index >= 15 is 0 Å². The van der Waals surface area contributed by atoms with Gasteiger partial charge in [0.15, 0.2) is 16.9 Å². The van der Waals surface area contributed by atoms with Crippen LogP contribution >= 0.6 is 12.4 Å². The summed E-state index contributed by atoms with van der Waals surface area (Å²) in [5.74, 6) is -8.23. The SMILES string of the molecule is CN(C)c1ccc(O)c2c1C[C@H]1C[C@H]3[C@H](N(C)C)C(=O)C(C(N)=O)=C(O)[C@@]3(O)C(=O)C1=C2O.Cl.NCCCC(N)(C(=O)O)C(F)F. The molecule has 0 saturated heterocycles. The maximum absolute atomic E-state index is 13.7. The lowest BCUT2D eigenvalue weighted by Gasteiger charge is -2.50. The summed E-state index contributed by atoms with van der Waals surface area (Å²) in [6.45, 7) is 0.152. The van der Waals surface area contributed by atoms with Gasteiger partial charge < -0.3 is 47.6 Å². The van der Waals surface area contributed by atoms with E-state index in [0.29, 0.717) is 5.56 Å². The Morgan fingerprint density at radius 3 is 2.17 bits per heavy atom. The van der Waals surface area contributed by atoms with Crippen molar-refractivity contribution >= 4 is 47.3 Å². The zero-order valence-electron chi connectivity index (χ0n) is 25.7. The van der Waals surface area contributed by atoms with E-state index in [1.54, 1.807) is 20.2 Å². The first kappa shape index (κ1) is 38.4. The van der Waals surface area contributed by atoms with Crippen molar-refractivity contribution in [2.24, 2.45) is 29.0 Å². The van der Waals surface area contributed by atoms with Crippen LogP contribution in [0, 0.1) is 11.8 Å². The van der Waals surface area contributed by atoms with Gasteiger partial charge in [-0.1, -0.05) is 0 Å². The molecule has 4 rings (SSSR count). The Kier molecular flexibility index (Phi) is 11.6. The topological polar surface area (TPSA) is 254 Å². The van der Waals surface area contributed by atoms with Gasteiger partial charge in [-0.3, -0.25) is 19.3 Å². The third kappa shape index (κ3) is 6.14. The standard InChI is InChI=1S/C23H27N3O7.C6H12F2N2O2.ClH/c1-25(2)12-5-6-13(27)15-10(12)7-9-8-11-17(26(3)4)19(29)16(22(24)32)21(31)23(11,33)20(30)14(9)18(15)28;7-4(8)6(10,5(11)12)2-1-3-9;/h5-6,9,11,17,27-28,31,33H,7-8H2,1-4H3,(H2,24,32);4H,1-3,9-10H2,(H,11,12);1H/t9-,11-,17-,23-;;/m0../s1. The number of rotatable bonds is 8. The number of hydrogen-bond donors (Lipinski definition) is 8. The molecule has 1 aromatic rings. The van der Waals surface area contributed by atoms with Gasteiger partial charge in [0.25, 0.3) is 12.3 Å². The van der Waals surface area contributed by atoms with Gasteiger partial charge in [0, 0.05) is 31.3 Å². The lowest BCUT2D eigenvalue weighted by Crippen LogP contribution is -2.65. The molecule has 0 aromatic heterocycles. The summed E-state index contributed by atoms with van der Waals surface area (Å²) in [4.78, 5) is 52.3. The van der Waals surface area contributed by atoms with Gasteiger partial charge in [-0.25, -0.2) is 13.6 Å². The molecular formula is C29H40ClF2N5O9. The highest BCUT2D eigenvalue weighted by Gasteiger charge is 2.64. The van der Waals surface area contributed by atoms with Crippen molar-refractivity contribution in [2.75, 3.05) is 39.6 Å². The van der Waals surface area contributed by atoms with Gasteiger partial charge in [-0.15, -0.1) is 12.4 Å². The van der Waals surface area contributed by atoms with Crippen LogP contribution in [-0.4, -0.2) is 112 Å². The zero-order chi connectivity index (χ0) is 34.3. The van der Waals surface area contributed by atoms with Crippen LogP contribution in [0.5, 0.6) is 5.75 Å². The van der Waals surface area contributed by atoms with Gasteiger partial charge >= 0.3 is 5.97 Å². The summed E-state index contributed by atoms with van der Waals surface area (Å²) in [5.41, 5.74) is 10.7. The first-order chi connectivity index (χ1) is 20.8. The van der Waals surface area contributed by atoms with Crippen LogP contribution in [0.2, 0.25) is 0 Å². The summed E-state index contributed by atoms with van der Waals surface area (Å²) < 4.78 is 24.2. The number of aliphatic carboxylic acids is 1. The highest BCUT2D eigenvalue weighted by molar-refractivity contribution is 6.24. The summed E-state index contributed by atoms with van der Waals surface area (Å²) in [6.07, 6.45) is -2.88. The average molecular weight is 676 g/mol. The van der Waals surface area contributed by atoms with E-state index in [4.69, 9.17) is 22.3 Å². The van der Waals surface area contributed by atoms with Crippen molar-refractivity contribution in [3.8, 4) is 5.75 Å². The zero-order valence-corrected chi connectivity index (χ0v) is 26.5. The van der Waals surface area contributed by atoms with Crippen molar-refractivity contribution in [1.82, 2.24) is 4.90 Å². The molecule has 1 saturated carbocycles. The number of aromatic hydroxyl groups is 1. The molecule has 0 radical (unpaired) electrons. The van der Waals surface area contributed by atoms with E-state index in [-0.39, 0.29) is 61.5 Å². The number of phenols is 1. The fraction of sp³-hybridized carbons (Fsp3) is 0.517. The van der Waals surface area contributed by atoms with Crippen LogP contribution in [0.15, 0.2) is 29.0 Å². The first-order valence-corrected chi connectivity index (χ1v) is 14.0. The number of phenolic OH excluding ortho intramolecular Hbond substituents is 1. The molecule has 1 unspecified atom stereocenters. The average Bonchev–Trinajstić information content (AvgIpc) is 2.93. The first-order valence-electron chi connectivity index (χ1n) is 14.0. The number of aliphatic hydroxyl groups excluding tert-OH is 2. The van der Waals surface area contributed by atoms with Gasteiger partial charge in [-0.2, -0.15) is 0 Å². The predicted octanol–water partition coefficient (Wildman–Crippen LogP) is 0.224. The Morgan fingerprint density at radius 2 is 1.72 bits per heavy atom. The Morgan fingerprint density at radius 1 is 1.13 bits per heavy atom. The van der Waals surface area contributed by atoms with Crippen molar-refractivity contribution in [3.05, 3.63) is 40.2 Å². The predicted molar refractivity (Wildman–Crippen MR) is 165 cm³/mol. The van der Waals surface area contributed by atoms with E-state index in [0.717, 1.165) is 5.69 Å². The number of carboxylic acids is 1. The Bertz CT molecular complexity index is 1480. The number of nitrogens with zero attached hydrogens (tertiary/aromatic N) is 2. The largest absolute Gasteiger partial charge is 0.508 e. The number of carboxylic acid groups (broad SMARTS) is 1. The minimum atomic E-state index is -3.07. The number of hydrogen-bond acceptors (Lipinski definition) is 12. The number of halogens is 3. The third-order valence-corrected chi connectivity index (χ3v) is 8.64. The maximum atomic E-state index is 13.7. The summed E-state index contributed by atoms with van der Waals surface area (Å²) in [5, 5.41) is 52.3. The Balaban J connectivity index is 0.000000485. The number of anilines is 1. The molecule has 0 spiro atoms. The van der Waals surface area contributed by atoms with Crippen LogP contribution in [0.1, 0.15) is 30.4 Å². The van der Waals surface area contributed by atoms with E-state index in [1.165, 1.54) is 11.0 Å². The van der Waals surface area contributed by atoms with E-state index in [1.807, 2.05) is 19.0 Å². The quantitative estimate of drug-likeness (QED) is 0.172. The number of Topliss-reactive ketones (excluding diaryl/α,β-unsaturated/α-hetero) is 2. The highest BCUT2D eigenvalue weighted by atomic mass is 35.5. The number of carbonyl (C=O) groups excluding carboxylic acids is 3. The van der Waals surface area contributed by atoms with Crippen LogP contribution in [0.3, 0.4) is 0 Å². The molecule has 0 heterocycles. The number of carbonyl (C=O) groups is 4. The fourth-order valence-corrected chi connectivity index (χ4v) is 6.35. The molecule has 256 valence electrons. The molecule has 1 fully saturated rings. The monoisotopic (exact) mass is 675 g/mol. The number of ketones is 2. The second kappa shape index (κ2) is 13.9. The van der Waals surface area contributed by atoms with Crippen LogP contribution in [-0.2, 0) is 25.6 Å². The second-order valence-corrected chi connectivity index (χ2v) is 11.9. The number of benzene rings is 1. The van der Waals surface area contributed by atoms with Gasteiger partial charge in [-0.05, 0) is 69.9 Å². The van der Waals surface area contributed by atoms with Crippen molar-refractivity contribution in [1.29, 1.82) is 0 Å². The molecule has 1 aromatic carbocycles. The molecule has 14 nitrogen and oxygen atoms in total. The van der Waals surface area contributed by atoms with E-state index in [9.17, 15) is 48.4 Å². The highest BCUT2D eigenvalue weighted by Crippen LogP contribution is 2.53. The molecule has 3 aliphatic carbocycles. The molecule has 11 N–H and O–H groups in total. The van der Waals surface area contributed by atoms with Crippen molar-refractivity contribution in [3.63, 3.8) is 0 Å². The third-order valence-electron chi connectivity index (χ3n) is 8.64. The Hall–Kier alpha value is -3.83. The van der Waals surface area contributed by atoms with E-state index in [2.05, 4.69) is 0 Å². The smallest absolute Gasteiger partial charge is 0.329 e. The van der Waals surface area contributed by atoms with E-state index < -0.39 is 76.0 Å². The number of aliphatic hydroxyl groups is 3. The molecule has 3 aliphatic rings. The van der Waals surface area contributed by atoms with Crippen molar-refractivity contribution < 1.29 is 53.5 Å². The minimum absolute atomic E-state index is 0. The number of fused-ring (bicyclic) bond motifs is 3. The number of nitrogens with two attached hydrogens (primary N) is 3. The van der Waals surface area contributed by atoms with Gasteiger partial charge in [0.1, 0.15) is 22.8 Å². The second-order valence-electron chi connectivity index (χ2n) is 11.9. The normalized spacial score (nSPS) is 25.1. The summed E-state index contributed by atoms with van der Waals surface area (Å²) in [7, 11) is 6.75. The summed E-state index contributed by atoms with van der Waals surface area (Å²) in [6, 6.07) is 2.01. The molecule has 46 heavy (non-hydrogen) atoms. The van der Waals surface area contributed by atoms with Crippen LogP contribution in [0.4, 0.5) is 14.5 Å². The molecule has 0 aliphatic heterocycles. The van der Waals surface area contributed by atoms with Crippen LogP contribution < -0.4 is 22.1 Å². The molecule has 0 bridgehead atoms. The number of likely N-dealkylation sites (N-methyl/N-ethyl adjacent to an activating group) is 1. The summed E-state index contributed by atoms with van der Waals surface area (Å²) >= 11 is 0. The van der Waals surface area contributed by atoms with Crippen LogP contribution in [0.25, 0.3) is 5.76 Å².